The van der Waals surface area contributed by atoms with Gasteiger partial charge in [0.25, 0.3) is 0 Å². The number of rotatable bonds is 4. The van der Waals surface area contributed by atoms with Crippen LogP contribution in [0, 0.1) is 0 Å². The monoisotopic (exact) mass is 235 g/mol. The molecule has 5 heteroatoms. The standard InChI is InChI=1S/C10H12F3NS/c1-14-6-8-4-2-3-5-9(8)15-7-10(11,12)13/h2-5,14H,6-7H2,1H3. The number of hydrogen-bond acceptors (Lipinski definition) is 2. The molecule has 0 aliphatic carbocycles. The quantitative estimate of drug-likeness (QED) is 0.805. The van der Waals surface area contributed by atoms with Crippen LogP contribution < -0.4 is 5.32 Å². The Morgan fingerprint density at radius 2 is 1.93 bits per heavy atom. The molecule has 1 aromatic carbocycles. The molecular formula is C10H12F3NS. The average Bonchev–Trinajstić information content (AvgIpc) is 2.16. The van der Waals surface area contributed by atoms with Crippen molar-refractivity contribution in [2.24, 2.45) is 0 Å². The largest absolute Gasteiger partial charge is 0.398 e. The zero-order chi connectivity index (χ0) is 11.3. The highest BCUT2D eigenvalue weighted by Crippen LogP contribution is 2.29. The summed E-state index contributed by atoms with van der Waals surface area (Å²) in [5.74, 6) is -0.840. The normalized spacial score (nSPS) is 11.7. The molecule has 1 nitrogen and oxygen atoms in total. The van der Waals surface area contributed by atoms with Crippen molar-refractivity contribution in [3.63, 3.8) is 0 Å². The van der Waals surface area contributed by atoms with E-state index in [0.717, 1.165) is 17.3 Å². The minimum absolute atomic E-state index is 0.584. The molecule has 0 bridgehead atoms. The second kappa shape index (κ2) is 5.42. The predicted molar refractivity (Wildman–Crippen MR) is 56.0 cm³/mol. The Bertz CT molecular complexity index is 312. The number of thioether (sulfide) groups is 1. The molecule has 0 fully saturated rings. The zero-order valence-corrected chi connectivity index (χ0v) is 9.08. The Morgan fingerprint density at radius 3 is 2.53 bits per heavy atom. The van der Waals surface area contributed by atoms with Crippen LogP contribution >= 0.6 is 11.8 Å². The summed E-state index contributed by atoms with van der Waals surface area (Å²) in [6, 6.07) is 7.11. The number of nitrogens with one attached hydrogen (secondary N) is 1. The number of alkyl halides is 3. The molecule has 0 amide bonds. The van der Waals surface area contributed by atoms with Crippen LogP contribution in [0.1, 0.15) is 5.56 Å². The van der Waals surface area contributed by atoms with Gasteiger partial charge in [0.15, 0.2) is 0 Å². The van der Waals surface area contributed by atoms with E-state index in [-0.39, 0.29) is 0 Å². The highest BCUT2D eigenvalue weighted by molar-refractivity contribution is 7.99. The second-order valence-corrected chi connectivity index (χ2v) is 4.06. The maximum Gasteiger partial charge on any atom is 0.398 e. The molecule has 0 aliphatic rings. The molecule has 0 aromatic heterocycles. The summed E-state index contributed by atoms with van der Waals surface area (Å²) >= 11 is 0.829. The summed E-state index contributed by atoms with van der Waals surface area (Å²) in [6.07, 6.45) is -4.11. The topological polar surface area (TPSA) is 12.0 Å². The van der Waals surface area contributed by atoms with E-state index in [0.29, 0.717) is 11.4 Å². The molecule has 0 heterocycles. The molecule has 0 atom stereocenters. The molecule has 0 saturated carbocycles. The van der Waals surface area contributed by atoms with Gasteiger partial charge in [-0.2, -0.15) is 13.2 Å². The van der Waals surface area contributed by atoms with Gasteiger partial charge in [-0.15, -0.1) is 11.8 Å². The number of benzene rings is 1. The minimum Gasteiger partial charge on any atom is -0.316 e. The van der Waals surface area contributed by atoms with Gasteiger partial charge in [0.2, 0.25) is 0 Å². The smallest absolute Gasteiger partial charge is 0.316 e. The van der Waals surface area contributed by atoms with Crippen molar-refractivity contribution in [1.82, 2.24) is 5.32 Å². The molecular weight excluding hydrogens is 223 g/mol. The molecule has 84 valence electrons. The first-order chi connectivity index (χ1) is 7.03. The third-order valence-corrected chi connectivity index (χ3v) is 2.91. The van der Waals surface area contributed by atoms with Crippen LogP contribution in [0.2, 0.25) is 0 Å². The van der Waals surface area contributed by atoms with Gasteiger partial charge in [0.1, 0.15) is 0 Å². The molecule has 0 aliphatic heterocycles. The van der Waals surface area contributed by atoms with Crippen LogP contribution in [-0.2, 0) is 6.54 Å². The van der Waals surface area contributed by atoms with Crippen LogP contribution in [0.4, 0.5) is 13.2 Å². The van der Waals surface area contributed by atoms with Gasteiger partial charge in [0, 0.05) is 11.4 Å². The summed E-state index contributed by atoms with van der Waals surface area (Å²) in [5.41, 5.74) is 0.897. The highest BCUT2D eigenvalue weighted by Gasteiger charge is 2.27. The first-order valence-corrected chi connectivity index (χ1v) is 5.43. The molecule has 0 saturated heterocycles. The Balaban J connectivity index is 2.67. The average molecular weight is 235 g/mol. The van der Waals surface area contributed by atoms with E-state index in [1.54, 1.807) is 19.2 Å². The first kappa shape index (κ1) is 12.4. The van der Waals surface area contributed by atoms with Crippen molar-refractivity contribution in [2.75, 3.05) is 12.8 Å². The van der Waals surface area contributed by atoms with Gasteiger partial charge >= 0.3 is 6.18 Å². The molecule has 0 unspecified atom stereocenters. The van der Waals surface area contributed by atoms with Crippen molar-refractivity contribution in [3.8, 4) is 0 Å². The van der Waals surface area contributed by atoms with Gasteiger partial charge in [-0.25, -0.2) is 0 Å². The maximum absolute atomic E-state index is 12.0. The zero-order valence-electron chi connectivity index (χ0n) is 8.27. The minimum atomic E-state index is -4.11. The third-order valence-electron chi connectivity index (χ3n) is 1.73. The third kappa shape index (κ3) is 4.57. The van der Waals surface area contributed by atoms with E-state index in [4.69, 9.17) is 0 Å². The van der Waals surface area contributed by atoms with Gasteiger partial charge < -0.3 is 5.32 Å². The lowest BCUT2D eigenvalue weighted by Gasteiger charge is -2.10. The SMILES string of the molecule is CNCc1ccccc1SCC(F)(F)F. The summed E-state index contributed by atoms with van der Waals surface area (Å²) in [4.78, 5) is 0.684. The maximum atomic E-state index is 12.0. The Morgan fingerprint density at radius 1 is 1.27 bits per heavy atom. The van der Waals surface area contributed by atoms with E-state index in [1.807, 2.05) is 12.1 Å². The van der Waals surface area contributed by atoms with Crippen molar-refractivity contribution in [2.45, 2.75) is 17.6 Å². The van der Waals surface area contributed by atoms with Crippen LogP contribution in [0.5, 0.6) is 0 Å². The molecule has 0 radical (unpaired) electrons. The fourth-order valence-electron chi connectivity index (χ4n) is 1.14. The van der Waals surface area contributed by atoms with Crippen LogP contribution in [-0.4, -0.2) is 19.0 Å². The lowest BCUT2D eigenvalue weighted by atomic mass is 10.2. The Hall–Kier alpha value is -0.680. The Labute approximate surface area is 91.1 Å². The molecule has 0 spiro atoms. The van der Waals surface area contributed by atoms with E-state index in [1.165, 1.54) is 0 Å². The predicted octanol–water partition coefficient (Wildman–Crippen LogP) is 3.06. The summed E-state index contributed by atoms with van der Waals surface area (Å²) in [5, 5.41) is 2.93. The van der Waals surface area contributed by atoms with Crippen LogP contribution in [0.15, 0.2) is 29.2 Å². The molecule has 1 rings (SSSR count). The number of hydrogen-bond donors (Lipinski definition) is 1. The van der Waals surface area contributed by atoms with Crippen molar-refractivity contribution >= 4 is 11.8 Å². The van der Waals surface area contributed by atoms with E-state index in [9.17, 15) is 13.2 Å². The summed E-state index contributed by atoms with van der Waals surface area (Å²) in [7, 11) is 1.77. The van der Waals surface area contributed by atoms with Crippen LogP contribution in [0.3, 0.4) is 0 Å². The van der Waals surface area contributed by atoms with Gasteiger partial charge in [-0.3, -0.25) is 0 Å². The Kier molecular flexibility index (Phi) is 4.47. The summed E-state index contributed by atoms with van der Waals surface area (Å²) < 4.78 is 36.1. The molecule has 15 heavy (non-hydrogen) atoms. The lowest BCUT2D eigenvalue weighted by molar-refractivity contribution is -0.105. The van der Waals surface area contributed by atoms with Crippen molar-refractivity contribution < 1.29 is 13.2 Å². The van der Waals surface area contributed by atoms with Crippen LogP contribution in [0.25, 0.3) is 0 Å². The van der Waals surface area contributed by atoms with E-state index < -0.39 is 11.9 Å². The van der Waals surface area contributed by atoms with E-state index >= 15 is 0 Å². The number of halogens is 3. The lowest BCUT2D eigenvalue weighted by Crippen LogP contribution is -2.11. The van der Waals surface area contributed by atoms with Crippen molar-refractivity contribution in [3.05, 3.63) is 29.8 Å². The summed E-state index contributed by atoms with van der Waals surface area (Å²) in [6.45, 7) is 0.584. The molecule has 1 N–H and O–H groups in total. The van der Waals surface area contributed by atoms with Gasteiger partial charge in [-0.1, -0.05) is 18.2 Å². The fourth-order valence-corrected chi connectivity index (χ4v) is 1.96. The fraction of sp³-hybridized carbons (Fsp3) is 0.400. The van der Waals surface area contributed by atoms with E-state index in [2.05, 4.69) is 5.32 Å². The molecule has 1 aromatic rings. The first-order valence-electron chi connectivity index (χ1n) is 4.45. The van der Waals surface area contributed by atoms with Gasteiger partial charge in [-0.05, 0) is 18.7 Å². The van der Waals surface area contributed by atoms with Crippen molar-refractivity contribution in [1.29, 1.82) is 0 Å². The van der Waals surface area contributed by atoms with Gasteiger partial charge in [0.05, 0.1) is 5.75 Å². The highest BCUT2D eigenvalue weighted by atomic mass is 32.2. The second-order valence-electron chi connectivity index (χ2n) is 3.04.